The molecule has 2 fully saturated rings. The molecular weight excluding hydrogens is 388 g/mol. The van der Waals surface area contributed by atoms with Crippen LogP contribution in [0.3, 0.4) is 0 Å². The van der Waals surface area contributed by atoms with Gasteiger partial charge >= 0.3 is 0 Å². The quantitative estimate of drug-likeness (QED) is 0.505. The number of ketones is 1. The summed E-state index contributed by atoms with van der Waals surface area (Å²) in [7, 11) is 0. The zero-order chi connectivity index (χ0) is 21.7. The van der Waals surface area contributed by atoms with E-state index in [0.717, 1.165) is 31.2 Å². The van der Waals surface area contributed by atoms with Crippen molar-refractivity contribution in [2.75, 3.05) is 19.8 Å². The molecular formula is C27H32O4. The van der Waals surface area contributed by atoms with Gasteiger partial charge in [0.2, 0.25) is 5.78 Å². The van der Waals surface area contributed by atoms with Gasteiger partial charge in [-0.2, -0.15) is 0 Å². The van der Waals surface area contributed by atoms with E-state index < -0.39 is 5.79 Å². The second kappa shape index (κ2) is 9.53. The minimum Gasteiger partial charge on any atom is -0.375 e. The van der Waals surface area contributed by atoms with Crippen LogP contribution < -0.4 is 0 Å². The van der Waals surface area contributed by atoms with Gasteiger partial charge in [0, 0.05) is 12.8 Å². The van der Waals surface area contributed by atoms with Crippen molar-refractivity contribution in [2.24, 2.45) is 17.3 Å². The van der Waals surface area contributed by atoms with E-state index in [4.69, 9.17) is 14.2 Å². The first-order chi connectivity index (χ1) is 15.0. The number of hydrogen-bond donors (Lipinski definition) is 0. The molecule has 1 saturated carbocycles. The van der Waals surface area contributed by atoms with E-state index in [1.54, 1.807) is 0 Å². The average molecular weight is 421 g/mol. The van der Waals surface area contributed by atoms with E-state index in [0.29, 0.717) is 26.4 Å². The highest BCUT2D eigenvalue weighted by atomic mass is 16.7. The highest BCUT2D eigenvalue weighted by Gasteiger charge is 2.46. The molecule has 2 aliphatic carbocycles. The summed E-state index contributed by atoms with van der Waals surface area (Å²) in [5, 5.41) is 0. The Morgan fingerprint density at radius 1 is 1.13 bits per heavy atom. The van der Waals surface area contributed by atoms with Crippen molar-refractivity contribution in [2.45, 2.75) is 51.9 Å². The third-order valence-corrected chi connectivity index (χ3v) is 6.68. The third kappa shape index (κ3) is 5.36. The normalized spacial score (nSPS) is 26.2. The predicted molar refractivity (Wildman–Crippen MR) is 120 cm³/mol. The lowest BCUT2D eigenvalue weighted by atomic mass is 9.72. The van der Waals surface area contributed by atoms with Crippen molar-refractivity contribution in [1.29, 1.82) is 0 Å². The largest absolute Gasteiger partial charge is 0.375 e. The number of benzene rings is 1. The monoisotopic (exact) mass is 420 g/mol. The maximum absolute atomic E-state index is 12.9. The van der Waals surface area contributed by atoms with Crippen LogP contribution >= 0.6 is 0 Å². The molecule has 2 atom stereocenters. The lowest BCUT2D eigenvalue weighted by Gasteiger charge is -2.40. The van der Waals surface area contributed by atoms with Gasteiger partial charge in [0.05, 0.1) is 37.8 Å². The standard InChI is InChI=1S/C27H32O4/c1-21-8-9-24(22(2)18-21)25(28)10-11-26(20-29-19-23-6-4-3-5-7-23)12-14-27(15-13-26)30-16-17-31-27/h3-9,18,22,24H,12-17,19-20H2,1-2H3. The van der Waals surface area contributed by atoms with Crippen molar-refractivity contribution in [3.63, 3.8) is 0 Å². The molecule has 1 saturated heterocycles. The molecule has 1 aromatic rings. The zero-order valence-corrected chi connectivity index (χ0v) is 18.6. The molecule has 4 heteroatoms. The minimum absolute atomic E-state index is 0.0106. The Bertz CT molecular complexity index is 886. The molecule has 4 rings (SSSR count). The van der Waals surface area contributed by atoms with Gasteiger partial charge in [-0.15, -0.1) is 0 Å². The molecule has 4 nitrogen and oxygen atoms in total. The number of Topliss-reactive ketones (excluding diaryl/α,β-unsaturated/α-hetero) is 1. The first-order valence-electron chi connectivity index (χ1n) is 11.3. The Kier molecular flexibility index (Phi) is 6.77. The number of rotatable bonds is 5. The fraction of sp³-hybridized carbons (Fsp3) is 0.519. The van der Waals surface area contributed by atoms with E-state index in [9.17, 15) is 4.79 Å². The summed E-state index contributed by atoms with van der Waals surface area (Å²) in [4.78, 5) is 12.9. The van der Waals surface area contributed by atoms with Crippen LogP contribution in [0.2, 0.25) is 0 Å². The second-order valence-electron chi connectivity index (χ2n) is 9.14. The Hall–Kier alpha value is -2.19. The Morgan fingerprint density at radius 2 is 1.84 bits per heavy atom. The van der Waals surface area contributed by atoms with E-state index in [-0.39, 0.29) is 23.0 Å². The molecule has 0 amide bonds. The van der Waals surface area contributed by atoms with Gasteiger partial charge in [-0.3, -0.25) is 4.79 Å². The Morgan fingerprint density at radius 3 is 2.52 bits per heavy atom. The molecule has 1 aromatic carbocycles. The molecule has 0 radical (unpaired) electrons. The van der Waals surface area contributed by atoms with E-state index in [1.165, 1.54) is 5.57 Å². The molecule has 3 aliphatic rings. The summed E-state index contributed by atoms with van der Waals surface area (Å²) in [6.07, 6.45) is 9.32. The maximum Gasteiger partial charge on any atom is 0.212 e. The van der Waals surface area contributed by atoms with Crippen LogP contribution in [0, 0.1) is 29.1 Å². The van der Waals surface area contributed by atoms with Gasteiger partial charge in [0.1, 0.15) is 0 Å². The van der Waals surface area contributed by atoms with Crippen molar-refractivity contribution < 1.29 is 19.0 Å². The first kappa shape index (κ1) is 22.0. The average Bonchev–Trinajstić information content (AvgIpc) is 3.23. The predicted octanol–water partition coefficient (Wildman–Crippen LogP) is 4.85. The van der Waals surface area contributed by atoms with Crippen LogP contribution in [0.5, 0.6) is 0 Å². The number of carbonyl (C=O) groups is 1. The van der Waals surface area contributed by atoms with E-state index in [1.807, 2.05) is 30.4 Å². The molecule has 1 aliphatic heterocycles. The maximum atomic E-state index is 12.9. The summed E-state index contributed by atoms with van der Waals surface area (Å²) in [6.45, 7) is 6.50. The van der Waals surface area contributed by atoms with Crippen molar-refractivity contribution >= 4 is 5.78 Å². The van der Waals surface area contributed by atoms with Crippen LogP contribution in [-0.2, 0) is 25.6 Å². The minimum atomic E-state index is -0.461. The highest BCUT2D eigenvalue weighted by molar-refractivity contribution is 5.99. The van der Waals surface area contributed by atoms with Gasteiger partial charge in [-0.25, -0.2) is 0 Å². The lowest BCUT2D eigenvalue weighted by Crippen LogP contribution is -2.41. The second-order valence-corrected chi connectivity index (χ2v) is 9.14. The third-order valence-electron chi connectivity index (χ3n) is 6.68. The Balaban J connectivity index is 1.46. The lowest BCUT2D eigenvalue weighted by molar-refractivity contribution is -0.190. The van der Waals surface area contributed by atoms with E-state index in [2.05, 4.69) is 43.9 Å². The smallest absolute Gasteiger partial charge is 0.212 e. The van der Waals surface area contributed by atoms with Crippen LogP contribution in [0.4, 0.5) is 0 Å². The summed E-state index contributed by atoms with van der Waals surface area (Å²) < 4.78 is 17.9. The molecule has 31 heavy (non-hydrogen) atoms. The summed E-state index contributed by atoms with van der Waals surface area (Å²) in [5.74, 6) is 5.90. The fourth-order valence-electron chi connectivity index (χ4n) is 4.75. The van der Waals surface area contributed by atoms with Gasteiger partial charge < -0.3 is 14.2 Å². The number of allylic oxidation sites excluding steroid dienone is 4. The van der Waals surface area contributed by atoms with Gasteiger partial charge in [0.25, 0.3) is 0 Å². The van der Waals surface area contributed by atoms with Crippen molar-refractivity contribution in [3.05, 3.63) is 59.7 Å². The van der Waals surface area contributed by atoms with E-state index >= 15 is 0 Å². The topological polar surface area (TPSA) is 44.8 Å². The number of hydrogen-bond acceptors (Lipinski definition) is 4. The SMILES string of the molecule is CC1=CC(C)C(C(=O)C#CC2(COCc3ccccc3)CCC3(CC2)OCCO3)C=C1. The van der Waals surface area contributed by atoms with Crippen LogP contribution in [0.25, 0.3) is 0 Å². The van der Waals surface area contributed by atoms with Crippen molar-refractivity contribution in [3.8, 4) is 11.8 Å². The summed E-state index contributed by atoms with van der Waals surface area (Å²) in [6, 6.07) is 10.2. The van der Waals surface area contributed by atoms with Crippen LogP contribution in [0.15, 0.2) is 54.1 Å². The highest BCUT2D eigenvalue weighted by Crippen LogP contribution is 2.45. The summed E-state index contributed by atoms with van der Waals surface area (Å²) in [5.41, 5.74) is 1.99. The van der Waals surface area contributed by atoms with Gasteiger partial charge in [0.15, 0.2) is 5.79 Å². The molecule has 1 spiro atoms. The number of carbonyl (C=O) groups excluding carboxylic acids is 1. The molecule has 2 unspecified atom stereocenters. The molecule has 164 valence electrons. The zero-order valence-electron chi connectivity index (χ0n) is 18.6. The Labute approximate surface area is 185 Å². The molecule has 0 aromatic heterocycles. The van der Waals surface area contributed by atoms with Crippen molar-refractivity contribution in [1.82, 2.24) is 0 Å². The van der Waals surface area contributed by atoms with Gasteiger partial charge in [-0.05, 0) is 37.2 Å². The number of ether oxygens (including phenoxy) is 3. The molecule has 0 bridgehead atoms. The molecule has 1 heterocycles. The van der Waals surface area contributed by atoms with Crippen LogP contribution in [-0.4, -0.2) is 31.4 Å². The summed E-state index contributed by atoms with van der Waals surface area (Å²) >= 11 is 0. The van der Waals surface area contributed by atoms with Gasteiger partial charge in [-0.1, -0.05) is 67.0 Å². The fourth-order valence-corrected chi connectivity index (χ4v) is 4.75. The van der Waals surface area contributed by atoms with Crippen LogP contribution in [0.1, 0.15) is 45.1 Å². The first-order valence-corrected chi connectivity index (χ1v) is 11.3. The molecule has 0 N–H and O–H groups in total.